The van der Waals surface area contributed by atoms with Gasteiger partial charge in [0, 0.05) is 19.2 Å². The monoisotopic (exact) mass is 226 g/mol. The summed E-state index contributed by atoms with van der Waals surface area (Å²) in [4.78, 5) is 12.7. The summed E-state index contributed by atoms with van der Waals surface area (Å²) in [7, 11) is 0. The van der Waals surface area contributed by atoms with Crippen LogP contribution in [0.4, 0.5) is 19.3 Å². The van der Waals surface area contributed by atoms with Gasteiger partial charge < -0.3 is 5.32 Å². The first-order chi connectivity index (χ1) is 7.59. The van der Waals surface area contributed by atoms with Gasteiger partial charge in [0.15, 0.2) is 0 Å². The van der Waals surface area contributed by atoms with Crippen molar-refractivity contribution in [3.63, 3.8) is 0 Å². The molecule has 0 bridgehead atoms. The molecule has 0 unspecified atom stereocenters. The number of rotatable bonds is 1. The summed E-state index contributed by atoms with van der Waals surface area (Å²) < 4.78 is 26.9. The summed E-state index contributed by atoms with van der Waals surface area (Å²) in [6.07, 6.45) is 0.723. The fraction of sp³-hybridized carbons (Fsp3) is 0.364. The highest BCUT2D eigenvalue weighted by atomic mass is 19.1. The minimum Gasteiger partial charge on any atom is -0.338 e. The Kier molecular flexibility index (Phi) is 2.77. The molecule has 1 aliphatic rings. The zero-order chi connectivity index (χ0) is 11.7. The minimum absolute atomic E-state index is 0.000278. The Morgan fingerprint density at radius 3 is 2.75 bits per heavy atom. The average Bonchev–Trinajstić information content (AvgIpc) is 2.25. The molecule has 0 spiro atoms. The van der Waals surface area contributed by atoms with E-state index in [9.17, 15) is 13.6 Å². The molecule has 1 heterocycles. The van der Waals surface area contributed by atoms with Gasteiger partial charge >= 0.3 is 6.03 Å². The van der Waals surface area contributed by atoms with Crippen LogP contribution in [-0.4, -0.2) is 19.1 Å². The molecule has 1 saturated heterocycles. The number of carbonyl (C=O) groups is 1. The Labute approximate surface area is 92.1 Å². The van der Waals surface area contributed by atoms with Crippen molar-refractivity contribution in [1.82, 2.24) is 5.32 Å². The van der Waals surface area contributed by atoms with Gasteiger partial charge in [-0.15, -0.1) is 0 Å². The summed E-state index contributed by atoms with van der Waals surface area (Å²) in [5.74, 6) is -1.08. The molecule has 0 radical (unpaired) electrons. The number of halogens is 2. The van der Waals surface area contributed by atoms with E-state index in [1.807, 2.05) is 0 Å². The normalized spacial score (nSPS) is 16.2. The molecule has 2 amide bonds. The van der Waals surface area contributed by atoms with E-state index in [0.29, 0.717) is 13.1 Å². The Morgan fingerprint density at radius 2 is 2.06 bits per heavy atom. The van der Waals surface area contributed by atoms with Crippen molar-refractivity contribution < 1.29 is 13.6 Å². The van der Waals surface area contributed by atoms with Crippen molar-refractivity contribution in [2.75, 3.05) is 18.0 Å². The minimum atomic E-state index is -0.573. The van der Waals surface area contributed by atoms with Crippen LogP contribution in [0.15, 0.2) is 12.1 Å². The maximum atomic E-state index is 13.6. The van der Waals surface area contributed by atoms with E-state index in [2.05, 4.69) is 5.32 Å². The maximum Gasteiger partial charge on any atom is 0.321 e. The number of hydrogen-bond donors (Lipinski definition) is 1. The third-order valence-electron chi connectivity index (χ3n) is 2.60. The molecule has 0 atom stereocenters. The third kappa shape index (κ3) is 1.85. The van der Waals surface area contributed by atoms with Crippen LogP contribution in [0.3, 0.4) is 0 Å². The lowest BCUT2D eigenvalue weighted by Gasteiger charge is -2.27. The van der Waals surface area contributed by atoms with Gasteiger partial charge in [-0.2, -0.15) is 0 Å². The standard InChI is InChI=1S/C11H12F2N2O/c1-7-5-9(13)10(6-8(7)12)15-4-2-3-14-11(15)16/h5-6H,2-4H2,1H3,(H,14,16). The Hall–Kier alpha value is -1.65. The molecule has 5 heteroatoms. The summed E-state index contributed by atoms with van der Waals surface area (Å²) in [6, 6.07) is 1.79. The van der Waals surface area contributed by atoms with Gasteiger partial charge in [0.2, 0.25) is 0 Å². The number of hydrogen-bond acceptors (Lipinski definition) is 1. The fourth-order valence-electron chi connectivity index (χ4n) is 1.70. The Bertz CT molecular complexity index is 434. The molecule has 1 N–H and O–H groups in total. The Balaban J connectivity index is 2.39. The molecular formula is C11H12F2N2O. The summed E-state index contributed by atoms with van der Waals surface area (Å²) >= 11 is 0. The first-order valence-corrected chi connectivity index (χ1v) is 5.10. The van der Waals surface area contributed by atoms with Gasteiger partial charge in [-0.1, -0.05) is 0 Å². The van der Waals surface area contributed by atoms with Gasteiger partial charge in [0.05, 0.1) is 5.69 Å². The number of nitrogens with one attached hydrogen (secondary N) is 1. The number of nitrogens with zero attached hydrogens (tertiary/aromatic N) is 1. The number of amides is 2. The van der Waals surface area contributed by atoms with Crippen molar-refractivity contribution in [3.8, 4) is 0 Å². The third-order valence-corrected chi connectivity index (χ3v) is 2.60. The molecule has 0 aliphatic carbocycles. The van der Waals surface area contributed by atoms with Gasteiger partial charge in [0.25, 0.3) is 0 Å². The molecule has 1 aromatic rings. The second kappa shape index (κ2) is 4.08. The molecule has 1 aromatic carbocycles. The first kappa shape index (κ1) is 10.9. The SMILES string of the molecule is Cc1cc(F)c(N2CCCNC2=O)cc1F. The fourth-order valence-corrected chi connectivity index (χ4v) is 1.70. The van der Waals surface area contributed by atoms with E-state index in [0.717, 1.165) is 18.6 Å². The van der Waals surface area contributed by atoms with Crippen LogP contribution in [0.5, 0.6) is 0 Å². The van der Waals surface area contributed by atoms with E-state index >= 15 is 0 Å². The van der Waals surface area contributed by atoms with Gasteiger partial charge in [0.1, 0.15) is 11.6 Å². The summed E-state index contributed by atoms with van der Waals surface area (Å²) in [6.45, 7) is 2.47. The van der Waals surface area contributed by atoms with Crippen LogP contribution in [0.2, 0.25) is 0 Å². The highest BCUT2D eigenvalue weighted by Crippen LogP contribution is 2.24. The average molecular weight is 226 g/mol. The lowest BCUT2D eigenvalue weighted by Crippen LogP contribution is -2.46. The molecule has 0 saturated carbocycles. The van der Waals surface area contributed by atoms with Crippen molar-refractivity contribution in [1.29, 1.82) is 0 Å². The molecule has 1 fully saturated rings. The molecule has 16 heavy (non-hydrogen) atoms. The van der Waals surface area contributed by atoms with Gasteiger partial charge in [-0.25, -0.2) is 13.6 Å². The maximum absolute atomic E-state index is 13.6. The number of urea groups is 1. The lowest BCUT2D eigenvalue weighted by atomic mass is 10.1. The van der Waals surface area contributed by atoms with Crippen LogP contribution in [0, 0.1) is 18.6 Å². The predicted octanol–water partition coefficient (Wildman–Crippen LogP) is 2.19. The zero-order valence-electron chi connectivity index (χ0n) is 8.89. The lowest BCUT2D eigenvalue weighted by molar-refractivity contribution is 0.242. The number of aryl methyl sites for hydroxylation is 1. The van der Waals surface area contributed by atoms with Gasteiger partial charge in [-0.05, 0) is 25.0 Å². The van der Waals surface area contributed by atoms with Crippen molar-refractivity contribution in [3.05, 3.63) is 29.3 Å². The Morgan fingerprint density at radius 1 is 1.31 bits per heavy atom. The predicted molar refractivity (Wildman–Crippen MR) is 56.5 cm³/mol. The van der Waals surface area contributed by atoms with Crippen molar-refractivity contribution >= 4 is 11.7 Å². The highest BCUT2D eigenvalue weighted by molar-refractivity contribution is 5.92. The second-order valence-corrected chi connectivity index (χ2v) is 3.79. The summed E-state index contributed by atoms with van der Waals surface area (Å²) in [5.41, 5.74) is 0.235. The molecule has 86 valence electrons. The number of anilines is 1. The number of benzene rings is 1. The largest absolute Gasteiger partial charge is 0.338 e. The van der Waals surface area contributed by atoms with Gasteiger partial charge in [-0.3, -0.25) is 4.90 Å². The van der Waals surface area contributed by atoms with Crippen LogP contribution in [-0.2, 0) is 0 Å². The molecule has 1 aliphatic heterocycles. The van der Waals surface area contributed by atoms with Crippen LogP contribution in [0.25, 0.3) is 0 Å². The molecule has 0 aromatic heterocycles. The van der Waals surface area contributed by atoms with E-state index in [1.165, 1.54) is 11.8 Å². The van der Waals surface area contributed by atoms with Crippen molar-refractivity contribution in [2.24, 2.45) is 0 Å². The molecule has 2 rings (SSSR count). The topological polar surface area (TPSA) is 32.3 Å². The quantitative estimate of drug-likeness (QED) is 0.782. The van der Waals surface area contributed by atoms with Crippen molar-refractivity contribution in [2.45, 2.75) is 13.3 Å². The van der Waals surface area contributed by atoms with Crippen LogP contribution < -0.4 is 10.2 Å². The second-order valence-electron chi connectivity index (χ2n) is 3.79. The summed E-state index contributed by atoms with van der Waals surface area (Å²) in [5, 5.41) is 2.59. The van der Waals surface area contributed by atoms with E-state index in [4.69, 9.17) is 0 Å². The van der Waals surface area contributed by atoms with Crippen LogP contribution >= 0.6 is 0 Å². The zero-order valence-corrected chi connectivity index (χ0v) is 8.89. The molecular weight excluding hydrogens is 214 g/mol. The van der Waals surface area contributed by atoms with E-state index < -0.39 is 11.6 Å². The van der Waals surface area contributed by atoms with Crippen LogP contribution in [0.1, 0.15) is 12.0 Å². The van der Waals surface area contributed by atoms with E-state index in [1.54, 1.807) is 0 Å². The highest BCUT2D eigenvalue weighted by Gasteiger charge is 2.22. The van der Waals surface area contributed by atoms with E-state index in [-0.39, 0.29) is 17.3 Å². The smallest absolute Gasteiger partial charge is 0.321 e. The molecule has 3 nitrogen and oxygen atoms in total. The number of carbonyl (C=O) groups excluding carboxylic acids is 1. The first-order valence-electron chi connectivity index (χ1n) is 5.10.